The summed E-state index contributed by atoms with van der Waals surface area (Å²) in [5, 5.41) is 13.0. The van der Waals surface area contributed by atoms with Crippen LogP contribution in [0.5, 0.6) is 5.75 Å². The molecule has 1 aromatic carbocycles. The van der Waals surface area contributed by atoms with Gasteiger partial charge < -0.3 is 9.84 Å². The van der Waals surface area contributed by atoms with E-state index >= 15 is 0 Å². The van der Waals surface area contributed by atoms with Crippen molar-refractivity contribution in [1.82, 2.24) is 9.97 Å². The Bertz CT molecular complexity index is 641. The average Bonchev–Trinajstić information content (AvgIpc) is 2.46. The molecule has 0 saturated heterocycles. The van der Waals surface area contributed by atoms with Crippen molar-refractivity contribution in [1.29, 1.82) is 0 Å². The monoisotopic (exact) mass is 329 g/mol. The maximum Gasteiger partial charge on any atom is 0.281 e. The highest BCUT2D eigenvalue weighted by Crippen LogP contribution is 2.27. The summed E-state index contributed by atoms with van der Waals surface area (Å²) in [6, 6.07) is 11.1. The summed E-state index contributed by atoms with van der Waals surface area (Å²) in [5.41, 5.74) is 1.59. The minimum absolute atomic E-state index is 0.120. The Morgan fingerprint density at radius 2 is 1.42 bits per heavy atom. The molecule has 1 heterocycles. The van der Waals surface area contributed by atoms with Crippen LogP contribution in [0, 0.1) is 0 Å². The maximum atomic E-state index is 10.1. The third-order valence-corrected chi connectivity index (χ3v) is 3.51. The number of nitrogens with one attached hydrogen (secondary N) is 1. The number of aromatic nitrogens is 2. The number of benzene rings is 1. The first-order valence-electron chi connectivity index (χ1n) is 8.12. The van der Waals surface area contributed by atoms with Crippen LogP contribution >= 0.6 is 0 Å². The standard InChI is InChI=1S/C19H27N3O2/c1-18(2,3)14-12-15(19(4,5)6)21-16(20-14)22-17(23)24-13-10-8-7-9-11-13/h7-12,17,23H,1-6H3,(H,20,21,22). The SMILES string of the molecule is CC(C)(C)c1cc(C(C)(C)C)nc(NC(O)Oc2ccccc2)n1. The predicted octanol–water partition coefficient (Wildman–Crippen LogP) is 3.84. The van der Waals surface area contributed by atoms with Gasteiger partial charge in [-0.1, -0.05) is 59.7 Å². The Hall–Kier alpha value is -2.14. The quantitative estimate of drug-likeness (QED) is 0.834. The van der Waals surface area contributed by atoms with Crippen LogP contribution in [0.25, 0.3) is 0 Å². The first-order chi connectivity index (χ1) is 11.1. The Labute approximate surface area is 144 Å². The van der Waals surface area contributed by atoms with Gasteiger partial charge in [0.25, 0.3) is 6.41 Å². The normalized spacial score (nSPS) is 13.5. The molecule has 5 nitrogen and oxygen atoms in total. The highest BCUT2D eigenvalue weighted by Gasteiger charge is 2.23. The van der Waals surface area contributed by atoms with Gasteiger partial charge in [-0.25, -0.2) is 9.97 Å². The van der Waals surface area contributed by atoms with Crippen molar-refractivity contribution in [2.24, 2.45) is 0 Å². The Kier molecular flexibility index (Phi) is 5.13. The van der Waals surface area contributed by atoms with E-state index in [-0.39, 0.29) is 10.8 Å². The molecule has 0 fully saturated rings. The summed E-state index contributed by atoms with van der Waals surface area (Å²) in [6.07, 6.45) is -1.23. The number of aliphatic hydroxyl groups excluding tert-OH is 1. The van der Waals surface area contributed by atoms with Gasteiger partial charge >= 0.3 is 0 Å². The molecule has 2 N–H and O–H groups in total. The van der Waals surface area contributed by atoms with Gasteiger partial charge in [-0.3, -0.25) is 5.32 Å². The molecule has 0 amide bonds. The average molecular weight is 329 g/mol. The zero-order valence-corrected chi connectivity index (χ0v) is 15.3. The molecule has 0 saturated carbocycles. The first-order valence-corrected chi connectivity index (χ1v) is 8.12. The third-order valence-electron chi connectivity index (χ3n) is 3.51. The molecule has 1 unspecified atom stereocenters. The van der Waals surface area contributed by atoms with Crippen LogP contribution in [0.15, 0.2) is 36.4 Å². The summed E-state index contributed by atoms with van der Waals surface area (Å²) in [6.45, 7) is 12.6. The zero-order valence-electron chi connectivity index (χ0n) is 15.3. The third kappa shape index (κ3) is 4.93. The second-order valence-corrected chi connectivity index (χ2v) is 7.89. The van der Waals surface area contributed by atoms with Crippen LogP contribution in [-0.4, -0.2) is 21.5 Å². The first kappa shape index (κ1) is 18.2. The molecular weight excluding hydrogens is 302 g/mol. The van der Waals surface area contributed by atoms with Crippen molar-refractivity contribution in [3.63, 3.8) is 0 Å². The molecule has 0 bridgehead atoms. The van der Waals surface area contributed by atoms with Crippen molar-refractivity contribution >= 4 is 5.95 Å². The number of nitrogens with zero attached hydrogens (tertiary/aromatic N) is 2. The molecule has 5 heteroatoms. The number of aliphatic hydroxyl groups is 1. The largest absolute Gasteiger partial charge is 0.447 e. The Morgan fingerprint density at radius 1 is 0.917 bits per heavy atom. The van der Waals surface area contributed by atoms with Crippen molar-refractivity contribution in [2.45, 2.75) is 58.8 Å². The molecule has 1 aromatic heterocycles. The highest BCUT2D eigenvalue weighted by molar-refractivity contribution is 5.33. The van der Waals surface area contributed by atoms with Crippen LogP contribution in [-0.2, 0) is 10.8 Å². The number of ether oxygens (including phenoxy) is 1. The molecule has 0 radical (unpaired) electrons. The number of rotatable bonds is 4. The van der Waals surface area contributed by atoms with E-state index < -0.39 is 6.41 Å². The number of hydrogen-bond donors (Lipinski definition) is 2. The summed E-state index contributed by atoms with van der Waals surface area (Å²) >= 11 is 0. The molecule has 0 aliphatic carbocycles. The minimum Gasteiger partial charge on any atom is -0.447 e. The van der Waals surface area contributed by atoms with E-state index in [9.17, 15) is 5.11 Å². The fourth-order valence-electron chi connectivity index (χ4n) is 2.05. The number of hydrogen-bond acceptors (Lipinski definition) is 5. The van der Waals surface area contributed by atoms with Crippen molar-refractivity contribution in [3.05, 3.63) is 47.8 Å². The summed E-state index contributed by atoms with van der Waals surface area (Å²) in [7, 11) is 0. The fourth-order valence-corrected chi connectivity index (χ4v) is 2.05. The fraction of sp³-hybridized carbons (Fsp3) is 0.474. The van der Waals surface area contributed by atoms with E-state index in [1.807, 2.05) is 24.3 Å². The molecule has 2 aromatic rings. The number of para-hydroxylation sites is 1. The van der Waals surface area contributed by atoms with Crippen molar-refractivity contribution in [2.75, 3.05) is 5.32 Å². The van der Waals surface area contributed by atoms with Crippen LogP contribution in [0.1, 0.15) is 52.9 Å². The van der Waals surface area contributed by atoms with Crippen LogP contribution in [0.4, 0.5) is 5.95 Å². The second-order valence-electron chi connectivity index (χ2n) is 7.89. The lowest BCUT2D eigenvalue weighted by atomic mass is 9.87. The second kappa shape index (κ2) is 6.77. The molecule has 0 spiro atoms. The van der Waals surface area contributed by atoms with Gasteiger partial charge in [0.15, 0.2) is 0 Å². The topological polar surface area (TPSA) is 67.3 Å². The maximum absolute atomic E-state index is 10.1. The van der Waals surface area contributed by atoms with Gasteiger partial charge in [0.05, 0.1) is 11.4 Å². The van der Waals surface area contributed by atoms with E-state index in [1.165, 1.54) is 0 Å². The van der Waals surface area contributed by atoms with E-state index in [4.69, 9.17) is 4.74 Å². The smallest absolute Gasteiger partial charge is 0.281 e. The summed E-state index contributed by atoms with van der Waals surface area (Å²) in [5.74, 6) is 0.927. The molecule has 24 heavy (non-hydrogen) atoms. The van der Waals surface area contributed by atoms with Crippen LogP contribution < -0.4 is 10.1 Å². The van der Waals surface area contributed by atoms with E-state index in [0.717, 1.165) is 11.4 Å². The molecule has 1 atom stereocenters. The van der Waals surface area contributed by atoms with E-state index in [0.29, 0.717) is 11.7 Å². The Balaban J connectivity index is 2.25. The van der Waals surface area contributed by atoms with Gasteiger partial charge in [-0.05, 0) is 18.2 Å². The zero-order chi connectivity index (χ0) is 18.0. The van der Waals surface area contributed by atoms with E-state index in [2.05, 4.69) is 56.8 Å². The lowest BCUT2D eigenvalue weighted by Crippen LogP contribution is -2.29. The van der Waals surface area contributed by atoms with E-state index in [1.54, 1.807) is 12.1 Å². The summed E-state index contributed by atoms with van der Waals surface area (Å²) < 4.78 is 5.43. The molecule has 130 valence electrons. The minimum atomic E-state index is -1.23. The molecular formula is C19H27N3O2. The van der Waals surface area contributed by atoms with Gasteiger partial charge in [0.1, 0.15) is 5.75 Å². The lowest BCUT2D eigenvalue weighted by Gasteiger charge is -2.25. The van der Waals surface area contributed by atoms with Crippen molar-refractivity contribution < 1.29 is 9.84 Å². The molecule has 0 aliphatic heterocycles. The predicted molar refractivity (Wildman–Crippen MR) is 96.1 cm³/mol. The van der Waals surface area contributed by atoms with Gasteiger partial charge in [-0.2, -0.15) is 0 Å². The van der Waals surface area contributed by atoms with Crippen molar-refractivity contribution in [3.8, 4) is 5.75 Å². The van der Waals surface area contributed by atoms with Gasteiger partial charge in [0.2, 0.25) is 5.95 Å². The molecule has 2 rings (SSSR count). The number of anilines is 1. The van der Waals surface area contributed by atoms with Crippen LogP contribution in [0.2, 0.25) is 0 Å². The Morgan fingerprint density at radius 3 is 1.88 bits per heavy atom. The van der Waals surface area contributed by atoms with Gasteiger partial charge in [-0.15, -0.1) is 0 Å². The summed E-state index contributed by atoms with van der Waals surface area (Å²) in [4.78, 5) is 9.08. The highest BCUT2D eigenvalue weighted by atomic mass is 16.6. The van der Waals surface area contributed by atoms with Crippen LogP contribution in [0.3, 0.4) is 0 Å². The molecule has 0 aliphatic rings. The van der Waals surface area contributed by atoms with Gasteiger partial charge in [0, 0.05) is 10.8 Å². The lowest BCUT2D eigenvalue weighted by molar-refractivity contribution is 0.00703.